The highest BCUT2D eigenvalue weighted by atomic mass is 35.5. The molecule has 0 saturated carbocycles. The Labute approximate surface area is 114 Å². The minimum absolute atomic E-state index is 0.139. The maximum Gasteiger partial charge on any atom is 0.119 e. The Bertz CT molecular complexity index is 373. The summed E-state index contributed by atoms with van der Waals surface area (Å²) in [5, 5.41) is 0.745. The van der Waals surface area contributed by atoms with Crippen molar-refractivity contribution in [1.82, 2.24) is 0 Å². The van der Waals surface area contributed by atoms with Crippen molar-refractivity contribution in [1.29, 1.82) is 0 Å². The highest BCUT2D eigenvalue weighted by Gasteiger charge is 2.46. The fraction of sp³-hybridized carbons (Fsp3) is 0.600. The molecule has 3 heteroatoms. The van der Waals surface area contributed by atoms with Gasteiger partial charge in [-0.1, -0.05) is 18.0 Å². The molecule has 1 saturated heterocycles. The van der Waals surface area contributed by atoms with E-state index in [1.54, 1.807) is 0 Å². The second-order valence-electron chi connectivity index (χ2n) is 5.36. The fourth-order valence-corrected chi connectivity index (χ4v) is 2.19. The van der Waals surface area contributed by atoms with Crippen LogP contribution < -0.4 is 4.74 Å². The van der Waals surface area contributed by atoms with E-state index in [-0.39, 0.29) is 5.60 Å². The second-order valence-corrected chi connectivity index (χ2v) is 5.80. The van der Waals surface area contributed by atoms with Crippen LogP contribution in [-0.4, -0.2) is 18.3 Å². The normalized spacial score (nSPS) is 20.7. The predicted octanol–water partition coefficient (Wildman–Crippen LogP) is 4.46. The average Bonchev–Trinajstić information content (AvgIpc) is 2.94. The predicted molar refractivity (Wildman–Crippen MR) is 74.4 cm³/mol. The Morgan fingerprint density at radius 2 is 1.83 bits per heavy atom. The summed E-state index contributed by atoms with van der Waals surface area (Å²) < 4.78 is 11.2. The molecule has 1 aromatic carbocycles. The maximum absolute atomic E-state index is 5.81. The van der Waals surface area contributed by atoms with Crippen molar-refractivity contribution in [2.24, 2.45) is 0 Å². The van der Waals surface area contributed by atoms with Gasteiger partial charge in [0, 0.05) is 5.02 Å². The average molecular weight is 269 g/mol. The Morgan fingerprint density at radius 1 is 1.17 bits per heavy atom. The van der Waals surface area contributed by atoms with Gasteiger partial charge in [0.15, 0.2) is 0 Å². The number of unbranched alkanes of at least 4 members (excludes halogenated alkanes) is 2. The third kappa shape index (κ3) is 4.18. The van der Waals surface area contributed by atoms with Gasteiger partial charge >= 0.3 is 0 Å². The maximum atomic E-state index is 5.81. The zero-order valence-electron chi connectivity index (χ0n) is 11.1. The van der Waals surface area contributed by atoms with Crippen molar-refractivity contribution < 1.29 is 9.47 Å². The SMILES string of the molecule is CC1(C)OC1CCCCCOc1ccc(Cl)cc1. The van der Waals surface area contributed by atoms with Crippen LogP contribution in [0.15, 0.2) is 24.3 Å². The number of hydrogen-bond acceptors (Lipinski definition) is 2. The minimum atomic E-state index is 0.139. The van der Waals surface area contributed by atoms with Crippen LogP contribution >= 0.6 is 11.6 Å². The van der Waals surface area contributed by atoms with Crippen molar-refractivity contribution in [3.05, 3.63) is 29.3 Å². The molecule has 2 nitrogen and oxygen atoms in total. The highest BCUT2D eigenvalue weighted by Crippen LogP contribution is 2.38. The van der Waals surface area contributed by atoms with E-state index in [9.17, 15) is 0 Å². The lowest BCUT2D eigenvalue weighted by Crippen LogP contribution is -2.03. The van der Waals surface area contributed by atoms with E-state index in [2.05, 4.69) is 13.8 Å². The van der Waals surface area contributed by atoms with Gasteiger partial charge in [0.05, 0.1) is 18.3 Å². The number of benzene rings is 1. The van der Waals surface area contributed by atoms with Crippen LogP contribution in [0, 0.1) is 0 Å². The Kier molecular flexibility index (Phi) is 4.52. The van der Waals surface area contributed by atoms with Gasteiger partial charge in [-0.25, -0.2) is 0 Å². The third-order valence-corrected chi connectivity index (χ3v) is 3.61. The molecule has 1 unspecified atom stereocenters. The lowest BCUT2D eigenvalue weighted by molar-refractivity contribution is 0.298. The van der Waals surface area contributed by atoms with Gasteiger partial charge in [0.2, 0.25) is 0 Å². The van der Waals surface area contributed by atoms with E-state index in [1.165, 1.54) is 19.3 Å². The fourth-order valence-electron chi connectivity index (χ4n) is 2.07. The highest BCUT2D eigenvalue weighted by molar-refractivity contribution is 6.30. The van der Waals surface area contributed by atoms with E-state index >= 15 is 0 Å². The molecule has 2 rings (SSSR count). The topological polar surface area (TPSA) is 21.8 Å². The molecular formula is C15H21ClO2. The molecule has 0 amide bonds. The van der Waals surface area contributed by atoms with Crippen LogP contribution in [0.3, 0.4) is 0 Å². The van der Waals surface area contributed by atoms with Crippen LogP contribution in [-0.2, 0) is 4.74 Å². The zero-order chi connectivity index (χ0) is 13.0. The van der Waals surface area contributed by atoms with Crippen LogP contribution in [0.1, 0.15) is 39.5 Å². The molecule has 0 aliphatic carbocycles. The number of rotatable bonds is 7. The first-order chi connectivity index (χ1) is 8.58. The van der Waals surface area contributed by atoms with Gasteiger partial charge in [-0.15, -0.1) is 0 Å². The van der Waals surface area contributed by atoms with Gasteiger partial charge in [-0.2, -0.15) is 0 Å². The van der Waals surface area contributed by atoms with Crippen molar-refractivity contribution >= 4 is 11.6 Å². The molecule has 1 aliphatic heterocycles. The molecule has 1 heterocycles. The second kappa shape index (κ2) is 5.94. The summed E-state index contributed by atoms with van der Waals surface area (Å²) in [6, 6.07) is 7.51. The van der Waals surface area contributed by atoms with Crippen LogP contribution in [0.25, 0.3) is 0 Å². The first kappa shape index (κ1) is 13.7. The lowest BCUT2D eigenvalue weighted by atomic mass is 10.0. The van der Waals surface area contributed by atoms with Crippen molar-refractivity contribution in [3.8, 4) is 5.75 Å². The molecule has 1 atom stereocenters. The molecule has 1 aromatic rings. The molecule has 1 aliphatic rings. The van der Waals surface area contributed by atoms with E-state index < -0.39 is 0 Å². The van der Waals surface area contributed by atoms with E-state index in [4.69, 9.17) is 21.1 Å². The number of hydrogen-bond donors (Lipinski definition) is 0. The standard InChI is InChI=1S/C15H21ClO2/c1-15(2)14(18-15)6-4-3-5-11-17-13-9-7-12(16)8-10-13/h7-10,14H,3-6,11H2,1-2H3. The Balaban J connectivity index is 1.50. The smallest absolute Gasteiger partial charge is 0.119 e. The quantitative estimate of drug-likeness (QED) is 0.538. The summed E-state index contributed by atoms with van der Waals surface area (Å²) in [5.41, 5.74) is 0.139. The van der Waals surface area contributed by atoms with Gasteiger partial charge in [-0.05, 0) is 57.4 Å². The van der Waals surface area contributed by atoms with E-state index in [0.717, 1.165) is 23.8 Å². The molecule has 18 heavy (non-hydrogen) atoms. The lowest BCUT2D eigenvalue weighted by Gasteiger charge is -2.05. The molecular weight excluding hydrogens is 248 g/mol. The largest absolute Gasteiger partial charge is 0.494 e. The molecule has 100 valence electrons. The van der Waals surface area contributed by atoms with Crippen LogP contribution in [0.4, 0.5) is 0 Å². The Hall–Kier alpha value is -0.730. The summed E-state index contributed by atoms with van der Waals surface area (Å²) in [7, 11) is 0. The summed E-state index contributed by atoms with van der Waals surface area (Å²) in [4.78, 5) is 0. The van der Waals surface area contributed by atoms with Crippen molar-refractivity contribution in [3.63, 3.8) is 0 Å². The van der Waals surface area contributed by atoms with Gasteiger partial charge < -0.3 is 9.47 Å². The molecule has 1 fully saturated rings. The molecule has 0 aromatic heterocycles. The minimum Gasteiger partial charge on any atom is -0.494 e. The molecule has 0 radical (unpaired) electrons. The summed E-state index contributed by atoms with van der Waals surface area (Å²) in [6.07, 6.45) is 5.17. The van der Waals surface area contributed by atoms with E-state index in [0.29, 0.717) is 6.10 Å². The van der Waals surface area contributed by atoms with Gasteiger partial charge in [0.25, 0.3) is 0 Å². The van der Waals surface area contributed by atoms with Crippen molar-refractivity contribution in [2.45, 2.75) is 51.2 Å². The molecule has 0 spiro atoms. The summed E-state index contributed by atoms with van der Waals surface area (Å²) in [6.45, 7) is 5.08. The summed E-state index contributed by atoms with van der Waals surface area (Å²) >= 11 is 5.81. The molecule has 0 bridgehead atoms. The van der Waals surface area contributed by atoms with Crippen LogP contribution in [0.5, 0.6) is 5.75 Å². The van der Waals surface area contributed by atoms with E-state index in [1.807, 2.05) is 24.3 Å². The summed E-state index contributed by atoms with van der Waals surface area (Å²) in [5.74, 6) is 0.894. The first-order valence-electron chi connectivity index (χ1n) is 6.64. The third-order valence-electron chi connectivity index (χ3n) is 3.36. The van der Waals surface area contributed by atoms with Gasteiger partial charge in [0.1, 0.15) is 5.75 Å². The number of halogens is 1. The number of ether oxygens (including phenoxy) is 2. The van der Waals surface area contributed by atoms with Crippen LogP contribution in [0.2, 0.25) is 5.02 Å². The van der Waals surface area contributed by atoms with Crippen molar-refractivity contribution in [2.75, 3.05) is 6.61 Å². The van der Waals surface area contributed by atoms with Gasteiger partial charge in [-0.3, -0.25) is 0 Å². The molecule has 0 N–H and O–H groups in total. The number of epoxide rings is 1. The first-order valence-corrected chi connectivity index (χ1v) is 7.02. The Morgan fingerprint density at radius 3 is 2.44 bits per heavy atom. The monoisotopic (exact) mass is 268 g/mol. The zero-order valence-corrected chi connectivity index (χ0v) is 11.9.